The molecule has 92 valence electrons. The Kier molecular flexibility index (Phi) is 11.0. The molecule has 15 heavy (non-hydrogen) atoms. The van der Waals surface area contributed by atoms with Gasteiger partial charge in [-0.15, -0.1) is 0 Å². The summed E-state index contributed by atoms with van der Waals surface area (Å²) in [6.07, 6.45) is 4.53. The summed E-state index contributed by atoms with van der Waals surface area (Å²) >= 11 is 1.90. The second-order valence-corrected chi connectivity index (χ2v) is 5.22. The van der Waals surface area contributed by atoms with E-state index in [-0.39, 0.29) is 0 Å². The maximum atomic E-state index is 5.55. The topological polar surface area (TPSA) is 21.3 Å². The van der Waals surface area contributed by atoms with Gasteiger partial charge in [-0.1, -0.05) is 20.8 Å². The summed E-state index contributed by atoms with van der Waals surface area (Å²) < 4.78 is 5.55. The fraction of sp³-hybridized carbons (Fsp3) is 1.00. The van der Waals surface area contributed by atoms with Gasteiger partial charge < -0.3 is 10.1 Å². The molecule has 0 saturated carbocycles. The van der Waals surface area contributed by atoms with Gasteiger partial charge in [0.2, 0.25) is 0 Å². The van der Waals surface area contributed by atoms with Gasteiger partial charge in [0.1, 0.15) is 0 Å². The molecule has 0 rings (SSSR count). The van der Waals surface area contributed by atoms with E-state index >= 15 is 0 Å². The first-order valence-electron chi connectivity index (χ1n) is 6.00. The highest BCUT2D eigenvalue weighted by molar-refractivity contribution is 7.98. The lowest BCUT2D eigenvalue weighted by Crippen LogP contribution is -2.33. The van der Waals surface area contributed by atoms with E-state index < -0.39 is 0 Å². The van der Waals surface area contributed by atoms with Crippen LogP contribution in [0.15, 0.2) is 0 Å². The van der Waals surface area contributed by atoms with E-state index in [1.807, 2.05) is 11.8 Å². The molecule has 0 heterocycles. The molecule has 0 aliphatic heterocycles. The minimum atomic E-state index is 0.647. The van der Waals surface area contributed by atoms with Gasteiger partial charge in [0.05, 0.1) is 6.61 Å². The normalized spacial score (nSPS) is 13.4. The Bertz CT molecular complexity index is 131. The van der Waals surface area contributed by atoms with E-state index in [2.05, 4.69) is 32.3 Å². The highest BCUT2D eigenvalue weighted by Gasteiger charge is 2.03. The van der Waals surface area contributed by atoms with Crippen molar-refractivity contribution in [1.82, 2.24) is 5.32 Å². The summed E-state index contributed by atoms with van der Waals surface area (Å²) in [7, 11) is 0. The lowest BCUT2D eigenvalue weighted by atomic mass is 10.1. The second kappa shape index (κ2) is 10.8. The third-order valence-corrected chi connectivity index (χ3v) is 3.12. The van der Waals surface area contributed by atoms with E-state index in [9.17, 15) is 0 Å². The predicted molar refractivity (Wildman–Crippen MR) is 70.7 cm³/mol. The van der Waals surface area contributed by atoms with Gasteiger partial charge in [0.25, 0.3) is 0 Å². The maximum Gasteiger partial charge on any atom is 0.0591 e. The van der Waals surface area contributed by atoms with E-state index in [1.54, 1.807) is 0 Å². The van der Waals surface area contributed by atoms with Crippen LogP contribution in [0.5, 0.6) is 0 Å². The smallest absolute Gasteiger partial charge is 0.0591 e. The summed E-state index contributed by atoms with van der Waals surface area (Å²) in [5, 5.41) is 3.51. The minimum Gasteiger partial charge on any atom is -0.380 e. The summed E-state index contributed by atoms with van der Waals surface area (Å²) in [6, 6.07) is 0.647. The largest absolute Gasteiger partial charge is 0.380 e. The van der Waals surface area contributed by atoms with Crippen molar-refractivity contribution in [3.8, 4) is 0 Å². The zero-order chi connectivity index (χ0) is 11.5. The van der Waals surface area contributed by atoms with Crippen LogP contribution in [-0.4, -0.2) is 37.8 Å². The molecule has 0 aromatic heterocycles. The van der Waals surface area contributed by atoms with Crippen LogP contribution in [0.25, 0.3) is 0 Å². The molecule has 3 heteroatoms. The fourth-order valence-electron chi connectivity index (χ4n) is 1.28. The van der Waals surface area contributed by atoms with E-state index in [1.165, 1.54) is 18.6 Å². The SMILES string of the molecule is CCC(CSC)NCCOCCC(C)C. The molecular formula is C12H27NOS. The number of hydrogen-bond donors (Lipinski definition) is 1. The Labute approximate surface area is 99.5 Å². The Morgan fingerprint density at radius 2 is 2.00 bits per heavy atom. The van der Waals surface area contributed by atoms with Crippen molar-refractivity contribution in [1.29, 1.82) is 0 Å². The Balaban J connectivity index is 3.21. The molecule has 0 radical (unpaired) electrons. The van der Waals surface area contributed by atoms with Crippen LogP contribution in [0, 0.1) is 5.92 Å². The quantitative estimate of drug-likeness (QED) is 0.586. The first kappa shape index (κ1) is 15.3. The monoisotopic (exact) mass is 233 g/mol. The number of ether oxygens (including phenoxy) is 1. The minimum absolute atomic E-state index is 0.647. The Morgan fingerprint density at radius 3 is 2.53 bits per heavy atom. The molecule has 0 fully saturated rings. The first-order valence-corrected chi connectivity index (χ1v) is 7.40. The summed E-state index contributed by atoms with van der Waals surface area (Å²) in [5.41, 5.74) is 0. The zero-order valence-corrected chi connectivity index (χ0v) is 11.5. The molecular weight excluding hydrogens is 206 g/mol. The van der Waals surface area contributed by atoms with Gasteiger partial charge in [-0.25, -0.2) is 0 Å². The van der Waals surface area contributed by atoms with Gasteiger partial charge in [0.15, 0.2) is 0 Å². The van der Waals surface area contributed by atoms with Crippen molar-refractivity contribution in [3.63, 3.8) is 0 Å². The molecule has 2 nitrogen and oxygen atoms in total. The second-order valence-electron chi connectivity index (χ2n) is 4.31. The summed E-state index contributed by atoms with van der Waals surface area (Å²) in [4.78, 5) is 0. The Hall–Kier alpha value is 0.270. The van der Waals surface area contributed by atoms with Crippen LogP contribution in [0.3, 0.4) is 0 Å². The van der Waals surface area contributed by atoms with Crippen LogP contribution in [0.2, 0.25) is 0 Å². The first-order chi connectivity index (χ1) is 7.20. The third-order valence-electron chi connectivity index (χ3n) is 2.38. The van der Waals surface area contributed by atoms with E-state index in [4.69, 9.17) is 4.74 Å². The highest BCUT2D eigenvalue weighted by Crippen LogP contribution is 2.01. The van der Waals surface area contributed by atoms with Crippen molar-refractivity contribution >= 4 is 11.8 Å². The zero-order valence-electron chi connectivity index (χ0n) is 10.7. The van der Waals surface area contributed by atoms with Gasteiger partial charge in [0, 0.05) is 24.9 Å². The molecule has 0 aromatic carbocycles. The van der Waals surface area contributed by atoms with Gasteiger partial charge in [-0.05, 0) is 25.0 Å². The van der Waals surface area contributed by atoms with Crippen molar-refractivity contribution < 1.29 is 4.74 Å². The third kappa shape index (κ3) is 10.6. The average Bonchev–Trinajstić information content (AvgIpc) is 2.21. The summed E-state index contributed by atoms with van der Waals surface area (Å²) in [6.45, 7) is 9.42. The van der Waals surface area contributed by atoms with Crippen molar-refractivity contribution in [3.05, 3.63) is 0 Å². The van der Waals surface area contributed by atoms with Crippen molar-refractivity contribution in [2.24, 2.45) is 5.92 Å². The van der Waals surface area contributed by atoms with E-state index in [0.717, 1.165) is 25.7 Å². The lowest BCUT2D eigenvalue weighted by molar-refractivity contribution is 0.123. The molecule has 1 atom stereocenters. The molecule has 1 unspecified atom stereocenters. The Morgan fingerprint density at radius 1 is 1.27 bits per heavy atom. The van der Waals surface area contributed by atoms with Gasteiger partial charge >= 0.3 is 0 Å². The number of nitrogens with one attached hydrogen (secondary N) is 1. The maximum absolute atomic E-state index is 5.55. The van der Waals surface area contributed by atoms with Crippen LogP contribution < -0.4 is 5.32 Å². The van der Waals surface area contributed by atoms with Crippen LogP contribution >= 0.6 is 11.8 Å². The van der Waals surface area contributed by atoms with Gasteiger partial charge in [-0.3, -0.25) is 0 Å². The van der Waals surface area contributed by atoms with Crippen molar-refractivity contribution in [2.45, 2.75) is 39.7 Å². The number of thioether (sulfide) groups is 1. The molecule has 0 aliphatic carbocycles. The fourth-order valence-corrected chi connectivity index (χ4v) is 2.03. The van der Waals surface area contributed by atoms with Crippen LogP contribution in [0.1, 0.15) is 33.6 Å². The molecule has 0 spiro atoms. The predicted octanol–water partition coefficient (Wildman–Crippen LogP) is 2.78. The van der Waals surface area contributed by atoms with Crippen molar-refractivity contribution in [2.75, 3.05) is 31.8 Å². The molecule has 0 saturated heterocycles. The molecule has 0 aromatic rings. The number of rotatable bonds is 10. The van der Waals surface area contributed by atoms with E-state index in [0.29, 0.717) is 6.04 Å². The lowest BCUT2D eigenvalue weighted by Gasteiger charge is -2.15. The average molecular weight is 233 g/mol. The standard InChI is InChI=1S/C12H27NOS/c1-5-12(10-15-4)13-7-9-14-8-6-11(2)3/h11-13H,5-10H2,1-4H3. The number of hydrogen-bond acceptors (Lipinski definition) is 3. The highest BCUT2D eigenvalue weighted by atomic mass is 32.2. The summed E-state index contributed by atoms with van der Waals surface area (Å²) in [5.74, 6) is 1.94. The molecule has 0 amide bonds. The molecule has 0 aliphatic rings. The van der Waals surface area contributed by atoms with Crippen LogP contribution in [-0.2, 0) is 4.74 Å². The van der Waals surface area contributed by atoms with Crippen LogP contribution in [0.4, 0.5) is 0 Å². The van der Waals surface area contributed by atoms with Gasteiger partial charge in [-0.2, -0.15) is 11.8 Å². The molecule has 0 bridgehead atoms. The molecule has 1 N–H and O–H groups in total.